The number of ether oxygens (including phenoxy) is 4. The van der Waals surface area contributed by atoms with E-state index in [1.807, 2.05) is 6.07 Å². The Kier molecular flexibility index (Phi) is 9.34. The lowest BCUT2D eigenvalue weighted by Gasteiger charge is -2.09. The van der Waals surface area contributed by atoms with Crippen LogP contribution in [-0.4, -0.2) is 31.3 Å². The first-order valence-corrected chi connectivity index (χ1v) is 9.59. The second-order valence-electron chi connectivity index (χ2n) is 6.49. The number of nitrogens with zero attached hydrogens (tertiary/aromatic N) is 1. The van der Waals surface area contributed by atoms with Gasteiger partial charge < -0.3 is 18.9 Å². The van der Waals surface area contributed by atoms with Gasteiger partial charge in [0.2, 0.25) is 6.79 Å². The van der Waals surface area contributed by atoms with Gasteiger partial charge in [0, 0.05) is 11.6 Å². The molecule has 0 unspecified atom stereocenters. The van der Waals surface area contributed by atoms with Crippen LogP contribution in [0.5, 0.6) is 11.5 Å². The van der Waals surface area contributed by atoms with E-state index < -0.39 is 23.7 Å². The van der Waals surface area contributed by atoms with Gasteiger partial charge in [0.1, 0.15) is 12.4 Å². The Labute approximate surface area is 189 Å². The molecule has 8 nitrogen and oxygen atoms in total. The molecule has 0 fully saturated rings. The van der Waals surface area contributed by atoms with Crippen molar-refractivity contribution >= 4 is 24.0 Å². The van der Waals surface area contributed by atoms with Crippen molar-refractivity contribution in [2.24, 2.45) is 0 Å². The van der Waals surface area contributed by atoms with Gasteiger partial charge in [-0.15, -0.1) is 0 Å². The Balaban J connectivity index is 1.91. The molecule has 2 rings (SSSR count). The summed E-state index contributed by atoms with van der Waals surface area (Å²) in [5.41, 5.74) is 0.727. The molecule has 0 atom stereocenters. The minimum atomic E-state index is -0.803. The van der Waals surface area contributed by atoms with E-state index in [1.54, 1.807) is 0 Å². The summed E-state index contributed by atoms with van der Waals surface area (Å²) in [4.78, 5) is 35.0. The first kappa shape index (κ1) is 24.8. The van der Waals surface area contributed by atoms with E-state index in [0.717, 1.165) is 12.1 Å². The molecule has 0 aliphatic carbocycles. The molecule has 0 heterocycles. The van der Waals surface area contributed by atoms with Crippen LogP contribution in [0.3, 0.4) is 0 Å². The maximum absolute atomic E-state index is 14.3. The first-order chi connectivity index (χ1) is 15.8. The Hall–Kier alpha value is -4.45. The number of halogens is 1. The fraction of sp³-hybridized carbons (Fsp3) is 0.167. The zero-order valence-electron chi connectivity index (χ0n) is 17.7. The van der Waals surface area contributed by atoms with Crippen LogP contribution in [0.25, 0.3) is 6.08 Å². The lowest BCUT2D eigenvalue weighted by atomic mass is 10.2. The highest BCUT2D eigenvalue weighted by molar-refractivity contribution is 5.91. The Morgan fingerprint density at radius 3 is 2.48 bits per heavy atom. The third-order valence-electron chi connectivity index (χ3n) is 3.88. The van der Waals surface area contributed by atoms with Crippen molar-refractivity contribution in [3.05, 3.63) is 77.6 Å². The number of esters is 3. The van der Waals surface area contributed by atoms with Crippen molar-refractivity contribution in [2.45, 2.75) is 13.3 Å². The maximum Gasteiger partial charge on any atom is 0.343 e. The lowest BCUT2D eigenvalue weighted by Crippen LogP contribution is -2.11. The Morgan fingerprint density at radius 1 is 1.12 bits per heavy atom. The number of nitriles is 1. The van der Waals surface area contributed by atoms with Crippen LogP contribution >= 0.6 is 0 Å². The molecule has 0 bridgehead atoms. The maximum atomic E-state index is 14.3. The second kappa shape index (κ2) is 12.4. The molecule has 0 aromatic heterocycles. The summed E-state index contributed by atoms with van der Waals surface area (Å²) in [6.45, 7) is 4.60. The quantitative estimate of drug-likeness (QED) is 0.175. The highest BCUT2D eigenvalue weighted by Gasteiger charge is 2.13. The highest BCUT2D eigenvalue weighted by atomic mass is 19.1. The topological polar surface area (TPSA) is 112 Å². The molecule has 170 valence electrons. The highest BCUT2D eigenvalue weighted by Crippen LogP contribution is 2.21. The molecule has 2 aromatic carbocycles. The minimum Gasteiger partial charge on any atom is -0.461 e. The second-order valence-corrected chi connectivity index (χ2v) is 6.49. The van der Waals surface area contributed by atoms with E-state index in [4.69, 9.17) is 24.2 Å². The van der Waals surface area contributed by atoms with Crippen LogP contribution in [0, 0.1) is 17.1 Å². The molecular formula is C24H20FNO7. The molecule has 0 spiro atoms. The summed E-state index contributed by atoms with van der Waals surface area (Å²) < 4.78 is 34.2. The molecule has 2 aromatic rings. The average molecular weight is 453 g/mol. The van der Waals surface area contributed by atoms with E-state index in [9.17, 15) is 18.8 Å². The number of hydrogen-bond acceptors (Lipinski definition) is 8. The molecule has 9 heteroatoms. The van der Waals surface area contributed by atoms with E-state index in [2.05, 4.69) is 6.58 Å². The van der Waals surface area contributed by atoms with E-state index in [1.165, 1.54) is 49.4 Å². The molecular weight excluding hydrogens is 433 g/mol. The van der Waals surface area contributed by atoms with Gasteiger partial charge in [0.05, 0.1) is 18.1 Å². The van der Waals surface area contributed by atoms with Crippen molar-refractivity contribution in [2.75, 3.05) is 13.4 Å². The smallest absolute Gasteiger partial charge is 0.343 e. The van der Waals surface area contributed by atoms with Crippen LogP contribution in [0.2, 0.25) is 0 Å². The molecule has 33 heavy (non-hydrogen) atoms. The van der Waals surface area contributed by atoms with E-state index in [0.29, 0.717) is 11.3 Å². The SMILES string of the molecule is C=C(C)C(=O)OCOc1ccc(C(=O)Oc2ccc(/C=C/C(=O)OCCC#N)cc2F)cc1. The molecule has 0 radical (unpaired) electrons. The fourth-order valence-corrected chi connectivity index (χ4v) is 2.23. The standard InChI is InChI=1S/C24H20FNO7/c1-16(2)23(28)32-15-31-19-8-6-18(7-9-19)24(29)33-21-10-4-17(14-20(21)25)5-11-22(27)30-13-3-12-26/h4-11,14H,1,3,13,15H2,2H3/b11-5+. The number of benzene rings is 2. The lowest BCUT2D eigenvalue weighted by molar-refractivity contribution is -0.145. The van der Waals surface area contributed by atoms with Gasteiger partial charge >= 0.3 is 17.9 Å². The molecule has 0 aliphatic rings. The van der Waals surface area contributed by atoms with E-state index >= 15 is 0 Å². The normalized spacial score (nSPS) is 10.2. The van der Waals surface area contributed by atoms with Crippen LogP contribution in [0.4, 0.5) is 4.39 Å². The van der Waals surface area contributed by atoms with Crippen molar-refractivity contribution in [1.29, 1.82) is 5.26 Å². The van der Waals surface area contributed by atoms with Gasteiger partial charge in [0.25, 0.3) is 0 Å². The van der Waals surface area contributed by atoms with Gasteiger partial charge in [-0.3, -0.25) is 0 Å². The third kappa shape index (κ3) is 8.30. The summed E-state index contributed by atoms with van der Waals surface area (Å²) in [5.74, 6) is -2.80. The van der Waals surface area contributed by atoms with Gasteiger partial charge in [-0.1, -0.05) is 12.6 Å². The summed E-state index contributed by atoms with van der Waals surface area (Å²) in [7, 11) is 0. The average Bonchev–Trinajstić information content (AvgIpc) is 2.79. The number of carbonyl (C=O) groups excluding carboxylic acids is 3. The van der Waals surface area contributed by atoms with Crippen LogP contribution < -0.4 is 9.47 Å². The van der Waals surface area contributed by atoms with Crippen molar-refractivity contribution in [3.8, 4) is 17.6 Å². The molecule has 0 saturated carbocycles. The van der Waals surface area contributed by atoms with Crippen molar-refractivity contribution in [3.63, 3.8) is 0 Å². The van der Waals surface area contributed by atoms with Gasteiger partial charge in [0.15, 0.2) is 11.6 Å². The molecule has 0 N–H and O–H groups in total. The van der Waals surface area contributed by atoms with E-state index in [-0.39, 0.29) is 36.7 Å². The fourth-order valence-electron chi connectivity index (χ4n) is 2.23. The zero-order valence-corrected chi connectivity index (χ0v) is 17.7. The van der Waals surface area contributed by atoms with Gasteiger partial charge in [-0.2, -0.15) is 5.26 Å². The van der Waals surface area contributed by atoms with Gasteiger partial charge in [-0.25, -0.2) is 18.8 Å². The predicted molar refractivity (Wildman–Crippen MR) is 114 cm³/mol. The summed E-state index contributed by atoms with van der Waals surface area (Å²) in [6, 6.07) is 11.4. The summed E-state index contributed by atoms with van der Waals surface area (Å²) in [5, 5.41) is 8.39. The number of hydrogen-bond donors (Lipinski definition) is 0. The first-order valence-electron chi connectivity index (χ1n) is 9.59. The predicted octanol–water partition coefficient (Wildman–Crippen LogP) is 3.97. The van der Waals surface area contributed by atoms with Crippen LogP contribution in [-0.2, 0) is 19.1 Å². The number of carbonyl (C=O) groups is 3. The van der Waals surface area contributed by atoms with Crippen LogP contribution in [0.1, 0.15) is 29.3 Å². The number of rotatable bonds is 10. The minimum absolute atomic E-state index is 0.0293. The summed E-state index contributed by atoms with van der Waals surface area (Å²) >= 11 is 0. The molecule has 0 amide bonds. The summed E-state index contributed by atoms with van der Waals surface area (Å²) in [6.07, 6.45) is 2.51. The largest absolute Gasteiger partial charge is 0.461 e. The molecule has 0 aliphatic heterocycles. The van der Waals surface area contributed by atoms with Gasteiger partial charge in [-0.05, 0) is 55.0 Å². The van der Waals surface area contributed by atoms with Crippen molar-refractivity contribution < 1.29 is 37.7 Å². The molecule has 0 saturated heterocycles. The third-order valence-corrected chi connectivity index (χ3v) is 3.88. The Bertz CT molecular complexity index is 1100. The van der Waals surface area contributed by atoms with Crippen molar-refractivity contribution in [1.82, 2.24) is 0 Å². The monoisotopic (exact) mass is 453 g/mol. The van der Waals surface area contributed by atoms with Crippen LogP contribution in [0.15, 0.2) is 60.7 Å². The zero-order chi connectivity index (χ0) is 24.2. The Morgan fingerprint density at radius 2 is 1.85 bits per heavy atom.